The van der Waals surface area contributed by atoms with Crippen molar-refractivity contribution in [3.05, 3.63) is 75.7 Å². The van der Waals surface area contributed by atoms with E-state index in [0.29, 0.717) is 12.5 Å². The number of halogens is 1. The molecule has 1 aliphatic rings. The van der Waals surface area contributed by atoms with Crippen molar-refractivity contribution in [1.82, 2.24) is 9.97 Å². The van der Waals surface area contributed by atoms with Gasteiger partial charge in [0.2, 0.25) is 5.95 Å². The maximum atomic E-state index is 13.6. The van der Waals surface area contributed by atoms with Crippen molar-refractivity contribution in [3.63, 3.8) is 0 Å². The van der Waals surface area contributed by atoms with Crippen molar-refractivity contribution in [2.75, 3.05) is 16.8 Å². The van der Waals surface area contributed by atoms with Crippen molar-refractivity contribution in [2.24, 2.45) is 0 Å². The predicted octanol–water partition coefficient (Wildman–Crippen LogP) is 5.16. The van der Waals surface area contributed by atoms with Gasteiger partial charge < -0.3 is 10.2 Å². The minimum Gasteiger partial charge on any atom is -0.352 e. The quantitative estimate of drug-likeness (QED) is 0.683. The summed E-state index contributed by atoms with van der Waals surface area (Å²) >= 11 is 0. The number of nitrogens with one attached hydrogen (secondary N) is 1. The molecule has 0 aliphatic carbocycles. The average molecular weight is 376 g/mol. The second kappa shape index (κ2) is 7.23. The van der Waals surface area contributed by atoms with Crippen LogP contribution in [0, 0.1) is 33.5 Å². The first-order chi connectivity index (χ1) is 13.4. The molecule has 2 heterocycles. The average Bonchev–Trinajstić information content (AvgIpc) is 3.01. The number of anilines is 3. The van der Waals surface area contributed by atoms with Crippen LogP contribution in [0.1, 0.15) is 33.5 Å². The smallest absolute Gasteiger partial charge is 0.229 e. The molecule has 1 aromatic heterocycles. The van der Waals surface area contributed by atoms with Gasteiger partial charge in [-0.3, -0.25) is 0 Å². The number of nitrogens with zero attached hydrogens (tertiary/aromatic N) is 3. The highest BCUT2D eigenvalue weighted by atomic mass is 19.1. The van der Waals surface area contributed by atoms with Gasteiger partial charge in [-0.1, -0.05) is 29.8 Å². The van der Waals surface area contributed by atoms with E-state index in [4.69, 9.17) is 9.97 Å². The molecule has 4 rings (SSSR count). The van der Waals surface area contributed by atoms with Gasteiger partial charge in [0.25, 0.3) is 0 Å². The van der Waals surface area contributed by atoms with E-state index < -0.39 is 0 Å². The van der Waals surface area contributed by atoms with Crippen LogP contribution in [0.5, 0.6) is 0 Å². The maximum absolute atomic E-state index is 13.6. The van der Waals surface area contributed by atoms with Gasteiger partial charge in [-0.05, 0) is 62.9 Å². The third-order valence-corrected chi connectivity index (χ3v) is 5.30. The van der Waals surface area contributed by atoms with Crippen LogP contribution in [0.2, 0.25) is 0 Å². The number of rotatable bonds is 4. The van der Waals surface area contributed by atoms with Crippen molar-refractivity contribution in [3.8, 4) is 0 Å². The van der Waals surface area contributed by atoms with E-state index in [2.05, 4.69) is 43.1 Å². The normalized spacial score (nSPS) is 13.0. The molecule has 0 fully saturated rings. The highest BCUT2D eigenvalue weighted by Gasteiger charge is 2.24. The van der Waals surface area contributed by atoms with Crippen molar-refractivity contribution in [1.29, 1.82) is 0 Å². The number of aryl methyl sites for hydroxylation is 4. The third-order valence-electron chi connectivity index (χ3n) is 5.30. The summed E-state index contributed by atoms with van der Waals surface area (Å²) in [6, 6.07) is 11.1. The van der Waals surface area contributed by atoms with E-state index in [1.54, 1.807) is 12.1 Å². The Morgan fingerprint density at radius 2 is 1.79 bits per heavy atom. The molecule has 1 N–H and O–H groups in total. The molecule has 28 heavy (non-hydrogen) atoms. The van der Waals surface area contributed by atoms with Gasteiger partial charge in [0.1, 0.15) is 11.6 Å². The molecule has 2 aromatic carbocycles. The Kier molecular flexibility index (Phi) is 4.75. The largest absolute Gasteiger partial charge is 0.352 e. The second-order valence-electron chi connectivity index (χ2n) is 7.63. The minimum absolute atomic E-state index is 0.205. The monoisotopic (exact) mass is 376 g/mol. The number of hydrogen-bond acceptors (Lipinski definition) is 4. The zero-order valence-corrected chi connectivity index (χ0v) is 16.8. The van der Waals surface area contributed by atoms with E-state index in [-0.39, 0.29) is 5.82 Å². The predicted molar refractivity (Wildman–Crippen MR) is 112 cm³/mol. The lowest BCUT2D eigenvalue weighted by Gasteiger charge is -2.20. The molecule has 0 unspecified atom stereocenters. The number of fused-ring (bicyclic) bond motifs is 1. The van der Waals surface area contributed by atoms with Gasteiger partial charge in [0.05, 0.1) is 0 Å². The van der Waals surface area contributed by atoms with E-state index in [0.717, 1.165) is 35.7 Å². The maximum Gasteiger partial charge on any atom is 0.229 e. The van der Waals surface area contributed by atoms with Gasteiger partial charge in [0, 0.05) is 30.0 Å². The number of benzene rings is 2. The molecule has 1 aliphatic heterocycles. The van der Waals surface area contributed by atoms with Gasteiger partial charge in [0.15, 0.2) is 0 Å². The summed E-state index contributed by atoms with van der Waals surface area (Å²) in [6.07, 6.45) is 0.916. The Morgan fingerprint density at radius 3 is 2.50 bits per heavy atom. The lowest BCUT2D eigenvalue weighted by atomic mass is 10.1. The molecule has 0 spiro atoms. The lowest BCUT2D eigenvalue weighted by Crippen LogP contribution is -2.21. The summed E-state index contributed by atoms with van der Waals surface area (Å²) in [7, 11) is 0. The summed E-state index contributed by atoms with van der Waals surface area (Å²) in [4.78, 5) is 11.7. The molecule has 5 heteroatoms. The molecule has 0 radical (unpaired) electrons. The molecule has 0 bridgehead atoms. The number of aromatic nitrogens is 2. The standard InChI is InChI=1S/C23H25FN4/c1-14-10-15(2)21(16(3)11-14)26-23-25-17(4)20-8-9-28(22(20)27-23)13-18-6-5-7-19(24)12-18/h5-7,10-12H,8-9,13H2,1-4H3,(H,25,26,27). The Labute approximate surface area is 165 Å². The number of hydrogen-bond donors (Lipinski definition) is 1. The Bertz CT molecular complexity index is 1020. The Morgan fingerprint density at radius 1 is 1.04 bits per heavy atom. The van der Waals surface area contributed by atoms with E-state index in [1.165, 1.54) is 28.3 Å². The minimum atomic E-state index is -0.205. The van der Waals surface area contributed by atoms with Gasteiger partial charge in [-0.15, -0.1) is 0 Å². The summed E-state index contributed by atoms with van der Waals surface area (Å²) in [5.74, 6) is 1.35. The second-order valence-corrected chi connectivity index (χ2v) is 7.63. The SMILES string of the molecule is Cc1cc(C)c(Nc2nc(C)c3c(n2)N(Cc2cccc(F)c2)CC3)c(C)c1. The Balaban J connectivity index is 1.65. The fourth-order valence-electron chi connectivity index (χ4n) is 4.04. The molecule has 3 aromatic rings. The van der Waals surface area contributed by atoms with Gasteiger partial charge >= 0.3 is 0 Å². The zero-order valence-electron chi connectivity index (χ0n) is 16.8. The Hall–Kier alpha value is -2.95. The van der Waals surface area contributed by atoms with Crippen LogP contribution in [-0.4, -0.2) is 16.5 Å². The summed E-state index contributed by atoms with van der Waals surface area (Å²) in [5.41, 5.74) is 7.78. The van der Waals surface area contributed by atoms with Crippen molar-refractivity contribution in [2.45, 2.75) is 40.7 Å². The van der Waals surface area contributed by atoms with Crippen LogP contribution in [0.25, 0.3) is 0 Å². The first-order valence-electron chi connectivity index (χ1n) is 9.62. The van der Waals surface area contributed by atoms with E-state index in [1.807, 2.05) is 13.0 Å². The van der Waals surface area contributed by atoms with Crippen LogP contribution in [-0.2, 0) is 13.0 Å². The summed E-state index contributed by atoms with van der Waals surface area (Å²) in [6.45, 7) is 9.84. The van der Waals surface area contributed by atoms with Gasteiger partial charge in [-0.25, -0.2) is 9.37 Å². The van der Waals surface area contributed by atoms with Crippen molar-refractivity contribution < 1.29 is 4.39 Å². The van der Waals surface area contributed by atoms with Crippen LogP contribution in [0.15, 0.2) is 36.4 Å². The van der Waals surface area contributed by atoms with Crippen LogP contribution >= 0.6 is 0 Å². The topological polar surface area (TPSA) is 41.1 Å². The molecule has 0 saturated carbocycles. The van der Waals surface area contributed by atoms with Crippen LogP contribution < -0.4 is 10.2 Å². The van der Waals surface area contributed by atoms with Gasteiger partial charge in [-0.2, -0.15) is 4.98 Å². The summed E-state index contributed by atoms with van der Waals surface area (Å²) < 4.78 is 13.6. The molecular formula is C23H25FN4. The fraction of sp³-hybridized carbons (Fsp3) is 0.304. The first-order valence-corrected chi connectivity index (χ1v) is 9.62. The molecule has 4 nitrogen and oxygen atoms in total. The fourth-order valence-corrected chi connectivity index (χ4v) is 4.04. The highest BCUT2D eigenvalue weighted by molar-refractivity contribution is 5.66. The molecule has 0 atom stereocenters. The third kappa shape index (κ3) is 3.57. The first kappa shape index (κ1) is 18.4. The summed E-state index contributed by atoms with van der Waals surface area (Å²) in [5, 5.41) is 3.42. The van der Waals surface area contributed by atoms with E-state index in [9.17, 15) is 4.39 Å². The molecular weight excluding hydrogens is 351 g/mol. The molecule has 144 valence electrons. The van der Waals surface area contributed by atoms with Crippen molar-refractivity contribution >= 4 is 17.5 Å². The van der Waals surface area contributed by atoms with Crippen LogP contribution in [0.3, 0.4) is 0 Å². The molecule has 0 amide bonds. The lowest BCUT2D eigenvalue weighted by molar-refractivity contribution is 0.624. The highest BCUT2D eigenvalue weighted by Crippen LogP contribution is 2.32. The van der Waals surface area contributed by atoms with E-state index >= 15 is 0 Å². The molecule has 0 saturated heterocycles. The zero-order chi connectivity index (χ0) is 19.8. The van der Waals surface area contributed by atoms with Crippen LogP contribution in [0.4, 0.5) is 21.8 Å².